The summed E-state index contributed by atoms with van der Waals surface area (Å²) in [6.45, 7) is 2.04. The molecule has 0 bridgehead atoms. The molecule has 3 nitrogen and oxygen atoms in total. The van der Waals surface area contributed by atoms with E-state index in [1.54, 1.807) is 0 Å². The highest BCUT2D eigenvalue weighted by Crippen LogP contribution is 2.15. The van der Waals surface area contributed by atoms with E-state index in [0.29, 0.717) is 0 Å². The van der Waals surface area contributed by atoms with Gasteiger partial charge in [-0.25, -0.2) is 0 Å². The minimum atomic E-state index is 0.262. The second-order valence-corrected chi connectivity index (χ2v) is 5.86. The van der Waals surface area contributed by atoms with Crippen LogP contribution in [0.5, 0.6) is 0 Å². The maximum absolute atomic E-state index is 8.10. The Morgan fingerprint density at radius 2 is 1.38 bits per heavy atom. The van der Waals surface area contributed by atoms with E-state index in [-0.39, 0.29) is 5.96 Å². The van der Waals surface area contributed by atoms with Crippen LogP contribution >= 0.6 is 0 Å². The molecule has 3 N–H and O–H groups in total. The second kappa shape index (κ2) is 7.47. The van der Waals surface area contributed by atoms with Crippen LogP contribution < -0.4 is 10.6 Å². The molecule has 0 heterocycles. The summed E-state index contributed by atoms with van der Waals surface area (Å²) in [5.41, 5.74) is 5.48. The summed E-state index contributed by atoms with van der Waals surface area (Å²) < 4.78 is 0. The lowest BCUT2D eigenvalue weighted by atomic mass is 10.0. The fraction of sp³-hybridized carbons (Fsp3) is 0.0952. The first kappa shape index (κ1) is 15.8. The van der Waals surface area contributed by atoms with Gasteiger partial charge in [-0.3, -0.25) is 5.41 Å². The number of rotatable bonds is 4. The summed E-state index contributed by atoms with van der Waals surface area (Å²) in [6, 6.07) is 26.6. The van der Waals surface area contributed by atoms with E-state index < -0.39 is 0 Å². The Morgan fingerprint density at radius 3 is 2.08 bits per heavy atom. The van der Waals surface area contributed by atoms with E-state index >= 15 is 0 Å². The van der Waals surface area contributed by atoms with Crippen LogP contribution in [-0.2, 0) is 6.42 Å². The maximum Gasteiger partial charge on any atom is 0.197 e. The Hall–Kier alpha value is -3.07. The quantitative estimate of drug-likeness (QED) is 0.466. The predicted octanol–water partition coefficient (Wildman–Crippen LogP) is 5.04. The first-order valence-electron chi connectivity index (χ1n) is 8.01. The smallest absolute Gasteiger partial charge is 0.197 e. The lowest BCUT2D eigenvalue weighted by molar-refractivity contribution is 1.19. The van der Waals surface area contributed by atoms with Gasteiger partial charge in [0.25, 0.3) is 0 Å². The van der Waals surface area contributed by atoms with E-state index in [1.165, 1.54) is 11.1 Å². The first-order valence-corrected chi connectivity index (χ1v) is 8.01. The van der Waals surface area contributed by atoms with E-state index in [1.807, 2.05) is 49.4 Å². The molecule has 0 saturated heterocycles. The van der Waals surface area contributed by atoms with Crippen LogP contribution in [0.25, 0.3) is 0 Å². The Bertz CT molecular complexity index is 825. The molecule has 0 aliphatic carbocycles. The van der Waals surface area contributed by atoms with E-state index in [2.05, 4.69) is 47.0 Å². The van der Waals surface area contributed by atoms with Crippen LogP contribution in [0.15, 0.2) is 78.9 Å². The molecule has 0 amide bonds. The zero-order valence-electron chi connectivity index (χ0n) is 13.7. The molecule has 0 fully saturated rings. The van der Waals surface area contributed by atoms with Crippen molar-refractivity contribution in [3.05, 3.63) is 95.6 Å². The second-order valence-electron chi connectivity index (χ2n) is 5.86. The molecule has 3 aromatic carbocycles. The lowest BCUT2D eigenvalue weighted by Crippen LogP contribution is -2.20. The van der Waals surface area contributed by atoms with E-state index in [0.717, 1.165) is 23.4 Å². The molecule has 0 saturated carbocycles. The van der Waals surface area contributed by atoms with Gasteiger partial charge in [0.1, 0.15) is 0 Å². The molecule has 3 rings (SSSR count). The summed E-state index contributed by atoms with van der Waals surface area (Å²) >= 11 is 0. The summed E-state index contributed by atoms with van der Waals surface area (Å²) in [7, 11) is 0. The molecule has 3 heteroatoms. The Morgan fingerprint density at radius 1 is 0.750 bits per heavy atom. The minimum absolute atomic E-state index is 0.262. The van der Waals surface area contributed by atoms with Gasteiger partial charge in [0, 0.05) is 11.4 Å². The van der Waals surface area contributed by atoms with Crippen molar-refractivity contribution < 1.29 is 0 Å². The SMILES string of the molecule is Cc1cccc(NC(=N)Nc2cccc(Cc3ccccc3)c2)c1. The van der Waals surface area contributed by atoms with Crippen LogP contribution in [0.2, 0.25) is 0 Å². The Balaban J connectivity index is 1.65. The topological polar surface area (TPSA) is 47.9 Å². The van der Waals surface area contributed by atoms with Gasteiger partial charge in [-0.15, -0.1) is 0 Å². The van der Waals surface area contributed by atoms with Gasteiger partial charge in [0.15, 0.2) is 5.96 Å². The van der Waals surface area contributed by atoms with Crippen molar-refractivity contribution in [2.24, 2.45) is 0 Å². The third-order valence-corrected chi connectivity index (χ3v) is 3.73. The molecule has 0 aliphatic heterocycles. The number of benzene rings is 3. The van der Waals surface area contributed by atoms with Crippen molar-refractivity contribution in [2.75, 3.05) is 10.6 Å². The molecule has 3 aromatic rings. The van der Waals surface area contributed by atoms with Crippen molar-refractivity contribution in [3.8, 4) is 0 Å². The van der Waals surface area contributed by atoms with Crippen LogP contribution in [0.3, 0.4) is 0 Å². The van der Waals surface area contributed by atoms with Gasteiger partial charge in [0.05, 0.1) is 0 Å². The zero-order chi connectivity index (χ0) is 16.8. The van der Waals surface area contributed by atoms with Gasteiger partial charge in [-0.1, -0.05) is 54.6 Å². The molecule has 120 valence electrons. The van der Waals surface area contributed by atoms with Crippen molar-refractivity contribution in [3.63, 3.8) is 0 Å². The molecule has 0 spiro atoms. The average molecular weight is 315 g/mol. The standard InChI is InChI=1S/C21H21N3/c1-16-7-5-11-19(13-16)23-21(22)24-20-12-6-10-18(15-20)14-17-8-3-2-4-9-17/h2-13,15H,14H2,1H3,(H3,22,23,24). The molecule has 0 radical (unpaired) electrons. The normalized spacial score (nSPS) is 10.2. The molecule has 0 aromatic heterocycles. The predicted molar refractivity (Wildman–Crippen MR) is 102 cm³/mol. The summed E-state index contributed by atoms with van der Waals surface area (Å²) in [4.78, 5) is 0. The molecular formula is C21H21N3. The Labute approximate surface area is 142 Å². The highest BCUT2D eigenvalue weighted by molar-refractivity contribution is 6.01. The largest absolute Gasteiger partial charge is 0.326 e. The van der Waals surface area contributed by atoms with E-state index in [9.17, 15) is 0 Å². The average Bonchev–Trinajstić information content (AvgIpc) is 2.56. The van der Waals surface area contributed by atoms with E-state index in [4.69, 9.17) is 5.41 Å². The highest BCUT2D eigenvalue weighted by atomic mass is 15.1. The Kier molecular flexibility index (Phi) is 4.92. The van der Waals surface area contributed by atoms with Gasteiger partial charge in [-0.2, -0.15) is 0 Å². The van der Waals surface area contributed by atoms with Crippen LogP contribution in [0.4, 0.5) is 11.4 Å². The molecular weight excluding hydrogens is 294 g/mol. The van der Waals surface area contributed by atoms with Gasteiger partial charge >= 0.3 is 0 Å². The lowest BCUT2D eigenvalue weighted by Gasteiger charge is -2.12. The molecule has 0 atom stereocenters. The van der Waals surface area contributed by atoms with Gasteiger partial charge in [0.2, 0.25) is 0 Å². The first-order chi connectivity index (χ1) is 11.7. The number of hydrogen-bond acceptors (Lipinski definition) is 1. The summed E-state index contributed by atoms with van der Waals surface area (Å²) in [6.07, 6.45) is 0.884. The number of nitrogens with one attached hydrogen (secondary N) is 3. The van der Waals surface area contributed by atoms with Gasteiger partial charge in [-0.05, 0) is 54.3 Å². The van der Waals surface area contributed by atoms with Crippen LogP contribution in [0.1, 0.15) is 16.7 Å². The van der Waals surface area contributed by atoms with Crippen molar-refractivity contribution in [1.82, 2.24) is 0 Å². The number of aryl methyl sites for hydroxylation is 1. The fourth-order valence-electron chi connectivity index (χ4n) is 2.63. The third kappa shape index (κ3) is 4.46. The monoisotopic (exact) mass is 315 g/mol. The van der Waals surface area contributed by atoms with Crippen LogP contribution in [0, 0.1) is 12.3 Å². The van der Waals surface area contributed by atoms with Crippen molar-refractivity contribution >= 4 is 17.3 Å². The minimum Gasteiger partial charge on any atom is -0.326 e. The molecule has 24 heavy (non-hydrogen) atoms. The molecule has 0 aliphatic rings. The fourth-order valence-corrected chi connectivity index (χ4v) is 2.63. The van der Waals surface area contributed by atoms with Gasteiger partial charge < -0.3 is 10.6 Å². The highest BCUT2D eigenvalue weighted by Gasteiger charge is 2.02. The summed E-state index contributed by atoms with van der Waals surface area (Å²) in [5, 5.41) is 14.3. The third-order valence-electron chi connectivity index (χ3n) is 3.73. The summed E-state index contributed by atoms with van der Waals surface area (Å²) in [5.74, 6) is 0.262. The number of anilines is 2. The van der Waals surface area contributed by atoms with Crippen LogP contribution in [-0.4, -0.2) is 5.96 Å². The number of guanidine groups is 1. The number of hydrogen-bond donors (Lipinski definition) is 3. The van der Waals surface area contributed by atoms with Crippen molar-refractivity contribution in [2.45, 2.75) is 13.3 Å². The maximum atomic E-state index is 8.10. The molecule has 0 unspecified atom stereocenters. The zero-order valence-corrected chi connectivity index (χ0v) is 13.7. The van der Waals surface area contributed by atoms with Crippen molar-refractivity contribution in [1.29, 1.82) is 5.41 Å².